The highest BCUT2D eigenvalue weighted by molar-refractivity contribution is 5.19. The van der Waals surface area contributed by atoms with E-state index in [0.29, 0.717) is 24.4 Å². The van der Waals surface area contributed by atoms with Gasteiger partial charge >= 0.3 is 0 Å². The zero-order chi connectivity index (χ0) is 12.3. The first-order chi connectivity index (χ1) is 8.19. The van der Waals surface area contributed by atoms with Crippen molar-refractivity contribution in [2.75, 3.05) is 13.2 Å². The second-order valence-corrected chi connectivity index (χ2v) is 5.28. The Bertz CT molecular complexity index is 372. The average molecular weight is 237 g/mol. The highest BCUT2D eigenvalue weighted by Gasteiger charge is 2.36. The largest absolute Gasteiger partial charge is 0.396 e. The van der Waals surface area contributed by atoms with Crippen molar-refractivity contribution >= 4 is 0 Å². The van der Waals surface area contributed by atoms with E-state index in [1.165, 1.54) is 18.9 Å². The van der Waals surface area contributed by atoms with Crippen LogP contribution in [0, 0.1) is 17.2 Å². The molecule has 0 spiro atoms. The second-order valence-electron chi connectivity index (χ2n) is 5.28. The van der Waals surface area contributed by atoms with Gasteiger partial charge in [-0.1, -0.05) is 31.0 Å². The van der Waals surface area contributed by atoms with E-state index in [4.69, 9.17) is 5.73 Å². The fourth-order valence-corrected chi connectivity index (χ4v) is 2.39. The fraction of sp³-hybridized carbons (Fsp3) is 0.571. The van der Waals surface area contributed by atoms with Crippen LogP contribution in [0.5, 0.6) is 0 Å². The van der Waals surface area contributed by atoms with Gasteiger partial charge in [0.1, 0.15) is 5.82 Å². The minimum absolute atomic E-state index is 0.0360. The van der Waals surface area contributed by atoms with Gasteiger partial charge in [-0.2, -0.15) is 0 Å². The molecule has 3 heteroatoms. The van der Waals surface area contributed by atoms with Crippen LogP contribution in [-0.2, 0) is 6.42 Å². The molecule has 0 bridgehead atoms. The van der Waals surface area contributed by atoms with Crippen molar-refractivity contribution in [2.24, 2.45) is 17.1 Å². The topological polar surface area (TPSA) is 46.2 Å². The maximum atomic E-state index is 13.6. The van der Waals surface area contributed by atoms with Crippen LogP contribution in [0.3, 0.4) is 0 Å². The Kier molecular flexibility index (Phi) is 3.79. The first-order valence-electron chi connectivity index (χ1n) is 6.23. The molecule has 0 saturated heterocycles. The predicted molar refractivity (Wildman–Crippen MR) is 66.0 cm³/mol. The van der Waals surface area contributed by atoms with Crippen LogP contribution in [-0.4, -0.2) is 18.3 Å². The number of nitrogens with two attached hydrogens (primary N) is 1. The van der Waals surface area contributed by atoms with Crippen molar-refractivity contribution in [3.8, 4) is 0 Å². The molecule has 0 radical (unpaired) electrons. The summed E-state index contributed by atoms with van der Waals surface area (Å²) >= 11 is 0. The third-order valence-corrected chi connectivity index (χ3v) is 3.71. The molecule has 0 aromatic heterocycles. The lowest BCUT2D eigenvalue weighted by Gasteiger charge is -2.31. The summed E-state index contributed by atoms with van der Waals surface area (Å²) in [4.78, 5) is 0. The van der Waals surface area contributed by atoms with Crippen LogP contribution in [0.25, 0.3) is 0 Å². The number of hydrogen-bond acceptors (Lipinski definition) is 2. The van der Waals surface area contributed by atoms with Crippen molar-refractivity contribution in [3.05, 3.63) is 35.6 Å². The lowest BCUT2D eigenvalue weighted by Crippen LogP contribution is -2.37. The molecule has 1 aromatic rings. The lowest BCUT2D eigenvalue weighted by molar-refractivity contribution is 0.115. The van der Waals surface area contributed by atoms with E-state index in [1.54, 1.807) is 12.1 Å². The maximum Gasteiger partial charge on any atom is 0.126 e. The summed E-state index contributed by atoms with van der Waals surface area (Å²) in [6.07, 6.45) is 3.88. The van der Waals surface area contributed by atoms with Crippen LogP contribution in [0.4, 0.5) is 4.39 Å². The molecule has 3 N–H and O–H groups in total. The molecule has 0 amide bonds. The third kappa shape index (κ3) is 3.05. The summed E-state index contributed by atoms with van der Waals surface area (Å²) in [7, 11) is 0. The van der Waals surface area contributed by atoms with Gasteiger partial charge in [-0.25, -0.2) is 4.39 Å². The lowest BCUT2D eigenvalue weighted by atomic mass is 9.77. The molecular formula is C14H20FNO. The Balaban J connectivity index is 2.13. The normalized spacial score (nSPS) is 19.0. The van der Waals surface area contributed by atoms with E-state index in [1.807, 2.05) is 6.07 Å². The second kappa shape index (κ2) is 5.15. The molecule has 1 unspecified atom stereocenters. The number of hydrogen-bond donors (Lipinski definition) is 2. The van der Waals surface area contributed by atoms with Crippen LogP contribution >= 0.6 is 0 Å². The highest BCUT2D eigenvalue weighted by atomic mass is 19.1. The number of rotatable bonds is 6. The Morgan fingerprint density at radius 3 is 2.59 bits per heavy atom. The number of benzene rings is 1. The van der Waals surface area contributed by atoms with Gasteiger partial charge in [0.05, 0.1) is 6.61 Å². The number of aliphatic hydroxyl groups is 1. The summed E-state index contributed by atoms with van der Waals surface area (Å²) in [5.74, 6) is 0.479. The molecule has 1 aliphatic rings. The van der Waals surface area contributed by atoms with Gasteiger partial charge < -0.3 is 10.8 Å². The summed E-state index contributed by atoms with van der Waals surface area (Å²) in [6, 6.07) is 6.75. The molecule has 0 aliphatic heterocycles. The molecule has 1 atom stereocenters. The Morgan fingerprint density at radius 2 is 2.06 bits per heavy atom. The van der Waals surface area contributed by atoms with Crippen molar-refractivity contribution in [2.45, 2.75) is 25.7 Å². The van der Waals surface area contributed by atoms with Gasteiger partial charge in [0.15, 0.2) is 0 Å². The van der Waals surface area contributed by atoms with Crippen molar-refractivity contribution in [3.63, 3.8) is 0 Å². The number of aliphatic hydroxyl groups excluding tert-OH is 1. The van der Waals surface area contributed by atoms with E-state index in [0.717, 1.165) is 6.42 Å². The molecule has 1 saturated carbocycles. The molecule has 1 aromatic carbocycles. The minimum Gasteiger partial charge on any atom is -0.396 e. The first kappa shape index (κ1) is 12.5. The molecule has 2 nitrogen and oxygen atoms in total. The van der Waals surface area contributed by atoms with E-state index in [-0.39, 0.29) is 17.8 Å². The van der Waals surface area contributed by atoms with Crippen LogP contribution in [0.2, 0.25) is 0 Å². The zero-order valence-corrected chi connectivity index (χ0v) is 10.0. The number of halogens is 1. The highest BCUT2D eigenvalue weighted by Crippen LogP contribution is 2.41. The minimum atomic E-state index is -0.344. The molecule has 17 heavy (non-hydrogen) atoms. The summed E-state index contributed by atoms with van der Waals surface area (Å²) in [5.41, 5.74) is 6.13. The quantitative estimate of drug-likeness (QED) is 0.796. The van der Waals surface area contributed by atoms with Crippen LogP contribution in [0.1, 0.15) is 24.8 Å². The molecule has 1 fully saturated rings. The predicted octanol–water partition coefficient (Wildman–Crippen LogP) is 2.11. The standard InChI is InChI=1S/C14H20FNO/c15-13-4-2-1-3-12(13)8-14(9-16,10-17)7-11-5-6-11/h1-4,11,17H,5-10,16H2. The molecule has 2 rings (SSSR count). The van der Waals surface area contributed by atoms with Gasteiger partial charge in [-0.05, 0) is 30.4 Å². The molecule has 0 heterocycles. The van der Waals surface area contributed by atoms with Crippen molar-refractivity contribution in [1.82, 2.24) is 0 Å². The van der Waals surface area contributed by atoms with Gasteiger partial charge in [0.25, 0.3) is 0 Å². The van der Waals surface area contributed by atoms with Gasteiger partial charge in [-0.3, -0.25) is 0 Å². The van der Waals surface area contributed by atoms with Crippen LogP contribution < -0.4 is 5.73 Å². The summed E-state index contributed by atoms with van der Waals surface area (Å²) in [5, 5.41) is 9.60. The van der Waals surface area contributed by atoms with Crippen LogP contribution in [0.15, 0.2) is 24.3 Å². The average Bonchev–Trinajstić information content (AvgIpc) is 3.15. The van der Waals surface area contributed by atoms with E-state index >= 15 is 0 Å². The Labute approximate surface area is 102 Å². The summed E-state index contributed by atoms with van der Waals surface area (Å²) in [6.45, 7) is 0.447. The van der Waals surface area contributed by atoms with Gasteiger partial charge in [0.2, 0.25) is 0 Å². The Morgan fingerprint density at radius 1 is 1.35 bits per heavy atom. The SMILES string of the molecule is NCC(CO)(Cc1ccccc1F)CC1CC1. The van der Waals surface area contributed by atoms with Crippen molar-refractivity contribution in [1.29, 1.82) is 0 Å². The fourth-order valence-electron chi connectivity index (χ4n) is 2.39. The Hall–Kier alpha value is -0.930. The summed E-state index contributed by atoms with van der Waals surface area (Å²) < 4.78 is 13.6. The smallest absolute Gasteiger partial charge is 0.126 e. The first-order valence-corrected chi connectivity index (χ1v) is 6.23. The van der Waals surface area contributed by atoms with E-state index in [2.05, 4.69) is 0 Å². The molecule has 1 aliphatic carbocycles. The van der Waals surface area contributed by atoms with Crippen molar-refractivity contribution < 1.29 is 9.50 Å². The van der Waals surface area contributed by atoms with E-state index in [9.17, 15) is 9.50 Å². The third-order valence-electron chi connectivity index (χ3n) is 3.71. The monoisotopic (exact) mass is 237 g/mol. The maximum absolute atomic E-state index is 13.6. The molecular weight excluding hydrogens is 217 g/mol. The van der Waals surface area contributed by atoms with Gasteiger partial charge in [0, 0.05) is 12.0 Å². The van der Waals surface area contributed by atoms with E-state index < -0.39 is 0 Å². The zero-order valence-electron chi connectivity index (χ0n) is 10.0. The van der Waals surface area contributed by atoms with Gasteiger partial charge in [-0.15, -0.1) is 0 Å². The molecule has 94 valence electrons.